The molecule has 0 atom stereocenters. The van der Waals surface area contributed by atoms with E-state index in [0.29, 0.717) is 12.4 Å². The second-order valence-electron chi connectivity index (χ2n) is 6.50. The Labute approximate surface area is 146 Å². The molecule has 0 bridgehead atoms. The molecule has 1 amide bonds. The third-order valence-electron chi connectivity index (χ3n) is 4.72. The molecule has 0 fully saturated rings. The Balaban J connectivity index is 1.43. The molecule has 6 nitrogen and oxygen atoms in total. The van der Waals surface area contributed by atoms with Crippen molar-refractivity contribution in [2.45, 2.75) is 45.7 Å². The lowest BCUT2D eigenvalue weighted by atomic mass is 9.95. The SMILES string of the molecule is Cc1nc(CNC(=O)Cn2ncc3ccccc32)nc2c1CCCC2. The van der Waals surface area contributed by atoms with E-state index in [0.717, 1.165) is 35.1 Å². The highest BCUT2D eigenvalue weighted by Crippen LogP contribution is 2.21. The summed E-state index contributed by atoms with van der Waals surface area (Å²) in [5.41, 5.74) is 4.45. The minimum Gasteiger partial charge on any atom is -0.347 e. The van der Waals surface area contributed by atoms with Crippen molar-refractivity contribution in [2.75, 3.05) is 0 Å². The number of amides is 1. The van der Waals surface area contributed by atoms with Gasteiger partial charge >= 0.3 is 0 Å². The molecule has 0 saturated carbocycles. The predicted octanol–water partition coefficient (Wildman–Crippen LogP) is 2.33. The van der Waals surface area contributed by atoms with Crippen molar-refractivity contribution in [2.24, 2.45) is 0 Å². The Morgan fingerprint density at radius 2 is 2.04 bits per heavy atom. The molecule has 0 saturated heterocycles. The van der Waals surface area contributed by atoms with E-state index in [9.17, 15) is 4.79 Å². The fourth-order valence-corrected chi connectivity index (χ4v) is 3.44. The second-order valence-corrected chi connectivity index (χ2v) is 6.50. The topological polar surface area (TPSA) is 72.7 Å². The van der Waals surface area contributed by atoms with Crippen molar-refractivity contribution in [3.8, 4) is 0 Å². The maximum absolute atomic E-state index is 12.3. The maximum atomic E-state index is 12.3. The van der Waals surface area contributed by atoms with Gasteiger partial charge in [-0.2, -0.15) is 5.10 Å². The zero-order chi connectivity index (χ0) is 17.2. The third-order valence-corrected chi connectivity index (χ3v) is 4.72. The first-order valence-corrected chi connectivity index (χ1v) is 8.73. The number of rotatable bonds is 4. The Morgan fingerprint density at radius 3 is 2.96 bits per heavy atom. The van der Waals surface area contributed by atoms with Crippen LogP contribution in [0.1, 0.15) is 35.6 Å². The van der Waals surface area contributed by atoms with Crippen molar-refractivity contribution in [1.29, 1.82) is 0 Å². The van der Waals surface area contributed by atoms with Gasteiger partial charge < -0.3 is 5.32 Å². The highest BCUT2D eigenvalue weighted by molar-refractivity contribution is 5.81. The van der Waals surface area contributed by atoms with Gasteiger partial charge in [0.2, 0.25) is 5.91 Å². The zero-order valence-electron chi connectivity index (χ0n) is 14.3. The van der Waals surface area contributed by atoms with Gasteiger partial charge in [0, 0.05) is 16.8 Å². The van der Waals surface area contributed by atoms with Crippen LogP contribution >= 0.6 is 0 Å². The van der Waals surface area contributed by atoms with Crippen LogP contribution in [-0.2, 0) is 30.7 Å². The first kappa shape index (κ1) is 15.7. The normalized spacial score (nSPS) is 13.6. The molecule has 128 valence electrons. The minimum atomic E-state index is -0.0900. The Morgan fingerprint density at radius 1 is 1.20 bits per heavy atom. The summed E-state index contributed by atoms with van der Waals surface area (Å²) in [6.45, 7) is 2.58. The van der Waals surface area contributed by atoms with E-state index in [1.807, 2.05) is 31.2 Å². The number of hydrogen-bond acceptors (Lipinski definition) is 4. The molecule has 1 aliphatic rings. The largest absolute Gasteiger partial charge is 0.347 e. The summed E-state index contributed by atoms with van der Waals surface area (Å²) in [4.78, 5) is 21.5. The van der Waals surface area contributed by atoms with Gasteiger partial charge in [0.1, 0.15) is 12.4 Å². The van der Waals surface area contributed by atoms with Crippen LogP contribution in [0.5, 0.6) is 0 Å². The van der Waals surface area contributed by atoms with Crippen LogP contribution in [0, 0.1) is 6.92 Å². The number of carbonyl (C=O) groups is 1. The molecular formula is C19H21N5O. The molecular weight excluding hydrogens is 314 g/mol. The quantitative estimate of drug-likeness (QED) is 0.794. The van der Waals surface area contributed by atoms with E-state index in [-0.39, 0.29) is 12.5 Å². The Bertz CT molecular complexity index is 931. The van der Waals surface area contributed by atoms with E-state index in [4.69, 9.17) is 0 Å². The number of carbonyl (C=O) groups excluding carboxylic acids is 1. The number of hydrogen-bond donors (Lipinski definition) is 1. The van der Waals surface area contributed by atoms with E-state index in [1.165, 1.54) is 18.4 Å². The average molecular weight is 335 g/mol. The first-order valence-electron chi connectivity index (χ1n) is 8.73. The highest BCUT2D eigenvalue weighted by atomic mass is 16.2. The lowest BCUT2D eigenvalue weighted by Crippen LogP contribution is -2.28. The number of aryl methyl sites for hydroxylation is 2. The second kappa shape index (κ2) is 6.63. The van der Waals surface area contributed by atoms with Crippen LogP contribution in [0.3, 0.4) is 0 Å². The summed E-state index contributed by atoms with van der Waals surface area (Å²) >= 11 is 0. The van der Waals surface area contributed by atoms with E-state index < -0.39 is 0 Å². The number of benzene rings is 1. The fraction of sp³-hybridized carbons (Fsp3) is 0.368. The molecule has 4 rings (SSSR count). The minimum absolute atomic E-state index is 0.0900. The molecule has 1 aliphatic carbocycles. The van der Waals surface area contributed by atoms with E-state index in [2.05, 4.69) is 20.4 Å². The Kier molecular flexibility index (Phi) is 4.17. The molecule has 3 aromatic rings. The van der Waals surface area contributed by atoms with Crippen LogP contribution < -0.4 is 5.32 Å². The van der Waals surface area contributed by atoms with Crippen LogP contribution in [0.25, 0.3) is 10.9 Å². The van der Waals surface area contributed by atoms with Gasteiger partial charge in [-0.3, -0.25) is 9.48 Å². The average Bonchev–Trinajstić information content (AvgIpc) is 3.03. The van der Waals surface area contributed by atoms with Crippen molar-refractivity contribution in [1.82, 2.24) is 25.1 Å². The summed E-state index contributed by atoms with van der Waals surface area (Å²) in [6, 6.07) is 7.86. The Hall–Kier alpha value is -2.76. The van der Waals surface area contributed by atoms with Crippen molar-refractivity contribution < 1.29 is 4.79 Å². The lowest BCUT2D eigenvalue weighted by molar-refractivity contribution is -0.122. The van der Waals surface area contributed by atoms with Crippen molar-refractivity contribution in [3.05, 3.63) is 53.2 Å². The smallest absolute Gasteiger partial charge is 0.242 e. The molecule has 0 unspecified atom stereocenters. The monoisotopic (exact) mass is 335 g/mol. The van der Waals surface area contributed by atoms with Gasteiger partial charge in [0.05, 0.1) is 18.3 Å². The van der Waals surface area contributed by atoms with Crippen LogP contribution in [0.15, 0.2) is 30.5 Å². The molecule has 2 aromatic heterocycles. The first-order chi connectivity index (χ1) is 12.2. The molecule has 1 N–H and O–H groups in total. The maximum Gasteiger partial charge on any atom is 0.242 e. The zero-order valence-corrected chi connectivity index (χ0v) is 14.3. The van der Waals surface area contributed by atoms with Crippen LogP contribution in [0.2, 0.25) is 0 Å². The number of fused-ring (bicyclic) bond motifs is 2. The molecule has 2 heterocycles. The summed E-state index contributed by atoms with van der Waals surface area (Å²) in [7, 11) is 0. The van der Waals surface area contributed by atoms with Crippen molar-refractivity contribution in [3.63, 3.8) is 0 Å². The molecule has 0 aliphatic heterocycles. The molecule has 0 spiro atoms. The van der Waals surface area contributed by atoms with E-state index >= 15 is 0 Å². The van der Waals surface area contributed by atoms with Crippen LogP contribution in [0.4, 0.5) is 0 Å². The van der Waals surface area contributed by atoms with Crippen LogP contribution in [-0.4, -0.2) is 25.7 Å². The lowest BCUT2D eigenvalue weighted by Gasteiger charge is -2.17. The van der Waals surface area contributed by atoms with Crippen molar-refractivity contribution >= 4 is 16.8 Å². The van der Waals surface area contributed by atoms with Gasteiger partial charge in [0.25, 0.3) is 0 Å². The van der Waals surface area contributed by atoms with Gasteiger partial charge in [-0.15, -0.1) is 0 Å². The van der Waals surface area contributed by atoms with E-state index in [1.54, 1.807) is 10.9 Å². The van der Waals surface area contributed by atoms with Gasteiger partial charge in [-0.25, -0.2) is 9.97 Å². The fourth-order valence-electron chi connectivity index (χ4n) is 3.44. The number of nitrogens with one attached hydrogen (secondary N) is 1. The molecule has 25 heavy (non-hydrogen) atoms. The third kappa shape index (κ3) is 3.24. The summed E-state index contributed by atoms with van der Waals surface area (Å²) in [5.74, 6) is 0.602. The van der Waals surface area contributed by atoms with Gasteiger partial charge in [0.15, 0.2) is 0 Å². The molecule has 1 aromatic carbocycles. The number of aromatic nitrogens is 4. The standard InChI is InChI=1S/C19H21N5O/c1-13-15-7-3-4-8-16(15)23-18(22-13)11-20-19(25)12-24-17-9-5-2-6-14(17)10-21-24/h2,5-6,9-10H,3-4,7-8,11-12H2,1H3,(H,20,25). The number of para-hydroxylation sites is 1. The molecule has 0 radical (unpaired) electrons. The highest BCUT2D eigenvalue weighted by Gasteiger charge is 2.16. The number of nitrogens with zero attached hydrogens (tertiary/aromatic N) is 4. The predicted molar refractivity (Wildman–Crippen MR) is 95.0 cm³/mol. The summed E-state index contributed by atoms with van der Waals surface area (Å²) in [6.07, 6.45) is 6.25. The summed E-state index contributed by atoms with van der Waals surface area (Å²) in [5, 5.41) is 8.23. The summed E-state index contributed by atoms with van der Waals surface area (Å²) < 4.78 is 1.71. The van der Waals surface area contributed by atoms with Gasteiger partial charge in [-0.05, 0) is 44.2 Å². The molecule has 6 heteroatoms. The van der Waals surface area contributed by atoms with Gasteiger partial charge in [-0.1, -0.05) is 18.2 Å².